The van der Waals surface area contributed by atoms with Gasteiger partial charge in [0.2, 0.25) is 10.0 Å². The molecule has 3 rings (SSSR count). The largest absolute Gasteiger partial charge is 0.322 e. The van der Waals surface area contributed by atoms with E-state index in [1.165, 1.54) is 48.5 Å². The molecule has 0 aromatic heterocycles. The van der Waals surface area contributed by atoms with Crippen molar-refractivity contribution >= 4 is 27.3 Å². The van der Waals surface area contributed by atoms with Crippen LogP contribution in [0.1, 0.15) is 15.9 Å². The minimum absolute atomic E-state index is 0.0697. The van der Waals surface area contributed by atoms with Gasteiger partial charge in [-0.05, 0) is 42.5 Å². The van der Waals surface area contributed by atoms with Crippen LogP contribution >= 0.6 is 0 Å². The summed E-state index contributed by atoms with van der Waals surface area (Å²) in [4.78, 5) is 12.3. The number of halogens is 3. The van der Waals surface area contributed by atoms with Crippen molar-refractivity contribution in [2.24, 2.45) is 0 Å². The lowest BCUT2D eigenvalue weighted by Crippen LogP contribution is -2.29. The monoisotopic (exact) mass is 434 g/mol. The molecule has 0 aliphatic rings. The second-order valence-electron chi connectivity index (χ2n) is 6.49. The maximum Gasteiger partial charge on any atom is 0.255 e. The van der Waals surface area contributed by atoms with Gasteiger partial charge in [0.25, 0.3) is 5.91 Å². The van der Waals surface area contributed by atoms with Gasteiger partial charge in [-0.2, -0.15) is 0 Å². The fourth-order valence-electron chi connectivity index (χ4n) is 2.74. The van der Waals surface area contributed by atoms with Gasteiger partial charge in [-0.25, -0.2) is 21.6 Å². The van der Waals surface area contributed by atoms with Crippen LogP contribution in [0.2, 0.25) is 0 Å². The summed E-state index contributed by atoms with van der Waals surface area (Å²) >= 11 is 0. The summed E-state index contributed by atoms with van der Waals surface area (Å²) in [5.74, 6) is -3.26. The predicted octanol–water partition coefficient (Wildman–Crippen LogP) is 4.32. The molecule has 156 valence electrons. The van der Waals surface area contributed by atoms with Gasteiger partial charge < -0.3 is 5.32 Å². The van der Waals surface area contributed by atoms with Crippen molar-refractivity contribution in [3.05, 3.63) is 95.3 Å². The summed E-state index contributed by atoms with van der Waals surface area (Å²) < 4.78 is 65.7. The Bertz CT molecular complexity index is 1180. The van der Waals surface area contributed by atoms with Crippen LogP contribution < -0.4 is 9.62 Å². The van der Waals surface area contributed by atoms with Crippen molar-refractivity contribution in [2.75, 3.05) is 15.9 Å². The van der Waals surface area contributed by atoms with E-state index in [-0.39, 0.29) is 29.0 Å². The number of sulfonamides is 1. The second-order valence-corrected chi connectivity index (χ2v) is 8.40. The van der Waals surface area contributed by atoms with E-state index >= 15 is 0 Å². The van der Waals surface area contributed by atoms with Crippen LogP contribution in [0.4, 0.5) is 24.5 Å². The molecule has 0 unspecified atom stereocenters. The highest BCUT2D eigenvalue weighted by Crippen LogP contribution is 2.23. The van der Waals surface area contributed by atoms with Gasteiger partial charge in [0.1, 0.15) is 5.82 Å². The number of nitrogens with one attached hydrogen (secondary N) is 1. The number of rotatable bonds is 6. The van der Waals surface area contributed by atoms with Crippen LogP contribution in [0.15, 0.2) is 66.7 Å². The van der Waals surface area contributed by atoms with Crippen LogP contribution in [-0.4, -0.2) is 20.6 Å². The van der Waals surface area contributed by atoms with Gasteiger partial charge in [0.15, 0.2) is 11.6 Å². The molecule has 0 spiro atoms. The smallest absolute Gasteiger partial charge is 0.255 e. The molecule has 0 fully saturated rings. The quantitative estimate of drug-likeness (QED) is 0.628. The number of hydrogen-bond acceptors (Lipinski definition) is 3. The normalized spacial score (nSPS) is 11.2. The van der Waals surface area contributed by atoms with Crippen molar-refractivity contribution in [3.8, 4) is 0 Å². The lowest BCUT2D eigenvalue weighted by atomic mass is 10.1. The number of amides is 1. The molecular formula is C21H17F3N2O3S. The van der Waals surface area contributed by atoms with E-state index < -0.39 is 33.4 Å². The zero-order chi connectivity index (χ0) is 21.9. The van der Waals surface area contributed by atoms with E-state index in [1.54, 1.807) is 6.07 Å². The van der Waals surface area contributed by atoms with Gasteiger partial charge >= 0.3 is 0 Å². The topological polar surface area (TPSA) is 66.5 Å². The Kier molecular flexibility index (Phi) is 6.12. The van der Waals surface area contributed by atoms with Gasteiger partial charge in [0, 0.05) is 22.9 Å². The molecule has 5 nitrogen and oxygen atoms in total. The average Bonchev–Trinajstić information content (AvgIpc) is 2.69. The summed E-state index contributed by atoms with van der Waals surface area (Å²) in [5, 5.41) is 2.43. The van der Waals surface area contributed by atoms with E-state index in [1.807, 2.05) is 0 Å². The summed E-state index contributed by atoms with van der Waals surface area (Å²) in [5.41, 5.74) is 0.677. The van der Waals surface area contributed by atoms with Crippen molar-refractivity contribution in [3.63, 3.8) is 0 Å². The number of benzene rings is 3. The van der Waals surface area contributed by atoms with Gasteiger partial charge in [-0.1, -0.05) is 18.2 Å². The van der Waals surface area contributed by atoms with Gasteiger partial charge in [-0.3, -0.25) is 9.10 Å². The molecule has 1 N–H and O–H groups in total. The van der Waals surface area contributed by atoms with Gasteiger partial charge in [-0.15, -0.1) is 0 Å². The SMILES string of the molecule is CS(=O)(=O)N(Cc1ccccc1F)c1ccc(C(=O)Nc2ccc(F)c(F)c2)cc1. The Labute approximate surface area is 171 Å². The Morgan fingerprint density at radius 2 is 1.57 bits per heavy atom. The molecule has 0 saturated heterocycles. The minimum atomic E-state index is -3.73. The van der Waals surface area contributed by atoms with E-state index in [2.05, 4.69) is 5.32 Å². The fourth-order valence-corrected chi connectivity index (χ4v) is 3.62. The Hall–Kier alpha value is -3.33. The summed E-state index contributed by atoms with van der Waals surface area (Å²) in [6.07, 6.45) is 0.998. The number of carbonyl (C=O) groups excluding carboxylic acids is 1. The number of nitrogens with zero attached hydrogens (tertiary/aromatic N) is 1. The maximum absolute atomic E-state index is 14.0. The zero-order valence-corrected chi connectivity index (χ0v) is 16.6. The summed E-state index contributed by atoms with van der Waals surface area (Å²) in [6, 6.07) is 14.3. The molecule has 0 aliphatic carbocycles. The van der Waals surface area contributed by atoms with Crippen LogP contribution in [0.5, 0.6) is 0 Å². The second kappa shape index (κ2) is 8.58. The third-order valence-corrected chi connectivity index (χ3v) is 5.41. The third-order valence-electron chi connectivity index (χ3n) is 4.27. The van der Waals surface area contributed by atoms with Crippen LogP contribution in [-0.2, 0) is 16.6 Å². The maximum atomic E-state index is 14.0. The summed E-state index contributed by atoms with van der Waals surface area (Å²) in [6.45, 7) is -0.216. The third kappa shape index (κ3) is 4.98. The van der Waals surface area contributed by atoms with Crippen molar-refractivity contribution < 1.29 is 26.4 Å². The molecule has 0 radical (unpaired) electrons. The summed E-state index contributed by atoms with van der Waals surface area (Å²) in [7, 11) is -3.73. The van der Waals surface area contributed by atoms with Crippen molar-refractivity contribution in [1.29, 1.82) is 0 Å². The van der Waals surface area contributed by atoms with E-state index in [0.717, 1.165) is 22.7 Å². The molecule has 3 aromatic carbocycles. The molecule has 0 aliphatic heterocycles. The first-order valence-corrected chi connectivity index (χ1v) is 10.6. The Morgan fingerprint density at radius 1 is 0.900 bits per heavy atom. The highest BCUT2D eigenvalue weighted by atomic mass is 32.2. The molecular weight excluding hydrogens is 417 g/mol. The standard InChI is InChI=1S/C21H17F3N2O3S/c1-30(28,29)26(13-15-4-2-3-5-18(15)22)17-9-6-14(7-10-17)21(27)25-16-8-11-19(23)20(24)12-16/h2-12H,13H2,1H3,(H,25,27). The predicted molar refractivity (Wildman–Crippen MR) is 108 cm³/mol. The minimum Gasteiger partial charge on any atom is -0.322 e. The van der Waals surface area contributed by atoms with Crippen molar-refractivity contribution in [2.45, 2.75) is 6.54 Å². The molecule has 30 heavy (non-hydrogen) atoms. The Balaban J connectivity index is 1.81. The first kappa shape index (κ1) is 21.4. The average molecular weight is 434 g/mol. The molecule has 0 saturated carbocycles. The van der Waals surface area contributed by atoms with Crippen molar-refractivity contribution in [1.82, 2.24) is 0 Å². The zero-order valence-electron chi connectivity index (χ0n) is 15.8. The molecule has 9 heteroatoms. The Morgan fingerprint density at radius 3 is 2.17 bits per heavy atom. The van der Waals surface area contributed by atoms with E-state index in [4.69, 9.17) is 0 Å². The van der Waals surface area contributed by atoms with E-state index in [0.29, 0.717) is 0 Å². The van der Waals surface area contributed by atoms with E-state index in [9.17, 15) is 26.4 Å². The number of hydrogen-bond donors (Lipinski definition) is 1. The molecule has 0 atom stereocenters. The molecule has 0 bridgehead atoms. The highest BCUT2D eigenvalue weighted by molar-refractivity contribution is 7.92. The number of anilines is 2. The molecule has 3 aromatic rings. The number of carbonyl (C=O) groups is 1. The fraction of sp³-hybridized carbons (Fsp3) is 0.0952. The molecule has 0 heterocycles. The lowest BCUT2D eigenvalue weighted by molar-refractivity contribution is 0.102. The van der Waals surface area contributed by atoms with Crippen LogP contribution in [0, 0.1) is 17.5 Å². The first-order chi connectivity index (χ1) is 14.1. The lowest BCUT2D eigenvalue weighted by Gasteiger charge is -2.23. The van der Waals surface area contributed by atoms with Gasteiger partial charge in [0.05, 0.1) is 18.5 Å². The first-order valence-electron chi connectivity index (χ1n) is 8.73. The van der Waals surface area contributed by atoms with Crippen LogP contribution in [0.3, 0.4) is 0 Å². The van der Waals surface area contributed by atoms with Crippen LogP contribution in [0.25, 0.3) is 0 Å². The highest BCUT2D eigenvalue weighted by Gasteiger charge is 2.20. The molecule has 1 amide bonds.